The van der Waals surface area contributed by atoms with E-state index < -0.39 is 31.9 Å². The number of hydrogen-bond donors (Lipinski definition) is 2. The highest BCUT2D eigenvalue weighted by Gasteiger charge is 2.60. The lowest BCUT2D eigenvalue weighted by molar-refractivity contribution is -0.0934. The predicted octanol–water partition coefficient (Wildman–Crippen LogP) is 1.89. The molecule has 25 heavy (non-hydrogen) atoms. The molecule has 11 heteroatoms. The van der Waals surface area contributed by atoms with Gasteiger partial charge in [-0.3, -0.25) is 27.9 Å². The average Bonchev–Trinajstić information content (AvgIpc) is 2.79. The summed E-state index contributed by atoms with van der Waals surface area (Å²) in [5, 5.41) is 11.0. The van der Waals surface area contributed by atoms with Gasteiger partial charge < -0.3 is 9.84 Å². The van der Waals surface area contributed by atoms with Crippen molar-refractivity contribution in [1.82, 2.24) is 9.55 Å². The van der Waals surface area contributed by atoms with Gasteiger partial charge in [0, 0.05) is 12.3 Å². The van der Waals surface area contributed by atoms with Gasteiger partial charge >= 0.3 is 7.82 Å². The second-order valence-corrected chi connectivity index (χ2v) is 8.23. The van der Waals surface area contributed by atoms with Gasteiger partial charge in [0.05, 0.1) is 13.2 Å². The first-order chi connectivity index (χ1) is 11.8. The molecule has 0 spiro atoms. The van der Waals surface area contributed by atoms with Crippen LogP contribution in [0.2, 0.25) is 0 Å². The minimum atomic E-state index is -3.76. The summed E-state index contributed by atoms with van der Waals surface area (Å²) < 4.78 is 35.9. The van der Waals surface area contributed by atoms with E-state index in [0.29, 0.717) is 6.42 Å². The van der Waals surface area contributed by atoms with Crippen LogP contribution in [-0.4, -0.2) is 45.7 Å². The van der Waals surface area contributed by atoms with Crippen molar-refractivity contribution in [3.05, 3.63) is 27.4 Å². The molecule has 5 atom stereocenters. The van der Waals surface area contributed by atoms with Crippen molar-refractivity contribution in [2.45, 2.75) is 50.7 Å². The van der Waals surface area contributed by atoms with Crippen LogP contribution in [0.25, 0.3) is 0 Å². The van der Waals surface area contributed by atoms with Gasteiger partial charge in [-0.05, 0) is 25.6 Å². The van der Waals surface area contributed by atoms with E-state index in [1.54, 1.807) is 0 Å². The summed E-state index contributed by atoms with van der Waals surface area (Å²) in [4.78, 5) is 13.8. The molecule has 2 fully saturated rings. The highest BCUT2D eigenvalue weighted by atomic mass is 32.1. The molecule has 2 aliphatic heterocycles. The zero-order valence-corrected chi connectivity index (χ0v) is 15.6. The van der Waals surface area contributed by atoms with Crippen LogP contribution in [0, 0.1) is 4.77 Å². The van der Waals surface area contributed by atoms with Crippen LogP contribution >= 0.6 is 20.0 Å². The number of H-pyrrole nitrogens is 1. The molecule has 0 bridgehead atoms. The summed E-state index contributed by atoms with van der Waals surface area (Å²) in [6.45, 7) is 3.67. The lowest BCUT2D eigenvalue weighted by atomic mass is 9.96. The van der Waals surface area contributed by atoms with E-state index in [4.69, 9.17) is 30.5 Å². The first kappa shape index (κ1) is 18.9. The van der Waals surface area contributed by atoms with Gasteiger partial charge in [0.2, 0.25) is 0 Å². The topological polar surface area (TPSA) is 112 Å². The molecule has 2 N–H and O–H groups in total. The largest absolute Gasteiger partial charge is 0.475 e. The highest BCUT2D eigenvalue weighted by molar-refractivity contribution is 7.71. The first-order valence-electron chi connectivity index (χ1n) is 8.03. The van der Waals surface area contributed by atoms with Crippen LogP contribution in [0.1, 0.15) is 32.9 Å². The summed E-state index contributed by atoms with van der Waals surface area (Å²) in [6.07, 6.45) is 0.512. The van der Waals surface area contributed by atoms with Gasteiger partial charge in [0.15, 0.2) is 11.0 Å². The first-order valence-corrected chi connectivity index (χ1v) is 9.90. The maximum absolute atomic E-state index is 12.6. The van der Waals surface area contributed by atoms with Crippen molar-refractivity contribution in [3.8, 4) is 0 Å². The quantitative estimate of drug-likeness (QED) is 0.444. The zero-order chi connectivity index (χ0) is 18.2. The van der Waals surface area contributed by atoms with E-state index in [2.05, 4.69) is 4.98 Å². The number of aliphatic hydroxyl groups is 1. The minimum absolute atomic E-state index is 0.0443. The molecule has 0 aromatic carbocycles. The summed E-state index contributed by atoms with van der Waals surface area (Å²) in [6, 6.07) is 1.27. The van der Waals surface area contributed by atoms with E-state index >= 15 is 0 Å². The lowest BCUT2D eigenvalue weighted by Crippen LogP contribution is -2.47. The van der Waals surface area contributed by atoms with E-state index in [0.717, 1.165) is 6.42 Å². The Morgan fingerprint density at radius 3 is 3.04 bits per heavy atom. The second kappa shape index (κ2) is 7.03. The number of rotatable bonds is 5. The summed E-state index contributed by atoms with van der Waals surface area (Å²) in [7, 11) is -3.76. The molecule has 1 aromatic rings. The molecule has 140 valence electrons. The van der Waals surface area contributed by atoms with E-state index in [1.165, 1.54) is 23.8 Å². The maximum Gasteiger partial charge on any atom is 0.475 e. The Bertz CT molecular complexity index is 792. The summed E-state index contributed by atoms with van der Waals surface area (Å²) >= 11 is 5.12. The highest BCUT2D eigenvalue weighted by Crippen LogP contribution is 2.58. The maximum atomic E-state index is 12.6. The molecule has 3 heterocycles. The van der Waals surface area contributed by atoms with Gasteiger partial charge in [0.1, 0.15) is 17.8 Å². The molecule has 1 aromatic heterocycles. The third-order valence-corrected chi connectivity index (χ3v) is 5.97. The zero-order valence-electron chi connectivity index (χ0n) is 13.9. The van der Waals surface area contributed by atoms with E-state index in [9.17, 15) is 14.5 Å². The molecule has 3 rings (SSSR count). The van der Waals surface area contributed by atoms with Crippen molar-refractivity contribution in [3.63, 3.8) is 0 Å². The third kappa shape index (κ3) is 3.66. The number of unbranched alkanes of at least 4 members (excludes halogenated alkanes) is 1. The number of nitrogens with zero attached hydrogens (tertiary/aromatic N) is 1. The van der Waals surface area contributed by atoms with Crippen LogP contribution in [0.15, 0.2) is 17.1 Å². The van der Waals surface area contributed by atoms with Crippen molar-refractivity contribution < 1.29 is 28.0 Å². The average molecular weight is 392 g/mol. The van der Waals surface area contributed by atoms with Crippen LogP contribution in [-0.2, 0) is 22.9 Å². The Morgan fingerprint density at radius 1 is 1.60 bits per heavy atom. The number of aromatic amines is 1. The van der Waals surface area contributed by atoms with Gasteiger partial charge in [0.25, 0.3) is 5.56 Å². The van der Waals surface area contributed by atoms with Gasteiger partial charge in [-0.15, -0.1) is 0 Å². The molecule has 9 nitrogen and oxygen atoms in total. The van der Waals surface area contributed by atoms with Gasteiger partial charge in [-0.25, -0.2) is 4.57 Å². The smallest absolute Gasteiger partial charge is 0.383 e. The van der Waals surface area contributed by atoms with Gasteiger partial charge in [-0.1, -0.05) is 13.3 Å². The number of hydrogen-bond acceptors (Lipinski definition) is 8. The number of aromatic nitrogens is 2. The monoisotopic (exact) mass is 392 g/mol. The van der Waals surface area contributed by atoms with Crippen molar-refractivity contribution in [2.75, 3.05) is 13.2 Å². The molecule has 3 unspecified atom stereocenters. The Hall–Kier alpha value is -0.870. The van der Waals surface area contributed by atoms with Crippen molar-refractivity contribution in [1.29, 1.82) is 0 Å². The van der Waals surface area contributed by atoms with E-state index in [1.807, 2.05) is 6.92 Å². The normalized spacial score (nSPS) is 37.8. The standard InChI is InChI=1S/C14H21N2O7PS/c1-3-4-7-20-24(19)21-8-9-11(23-24)14(2,18)12(22-9)16-6-5-10(17)15-13(16)25/h5-6,9,11-12,18H,3-4,7-8H2,1-2H3,(H,15,17,25)/t9-,11?,12-,14?,24?/m1/s1. The molecule has 0 amide bonds. The Labute approximate surface area is 149 Å². The summed E-state index contributed by atoms with van der Waals surface area (Å²) in [5.74, 6) is 0. The third-order valence-electron chi connectivity index (χ3n) is 4.21. The van der Waals surface area contributed by atoms with E-state index in [-0.39, 0.29) is 23.5 Å². The fourth-order valence-corrected chi connectivity index (χ4v) is 4.64. The van der Waals surface area contributed by atoms with Crippen LogP contribution in [0.3, 0.4) is 0 Å². The molecule has 0 radical (unpaired) electrons. The molecular weight excluding hydrogens is 371 g/mol. The van der Waals surface area contributed by atoms with Gasteiger partial charge in [-0.2, -0.15) is 0 Å². The van der Waals surface area contributed by atoms with Crippen molar-refractivity contribution >= 4 is 20.0 Å². The predicted molar refractivity (Wildman–Crippen MR) is 89.7 cm³/mol. The second-order valence-electron chi connectivity index (χ2n) is 6.23. The number of phosphoric ester groups is 1. The SMILES string of the molecule is CCCCOP1(=O)OC[C@H]2O[C@@H](n3ccc(=O)[nH]c3=S)C(C)(O)C2O1. The fourth-order valence-electron chi connectivity index (χ4n) is 2.87. The Kier molecular flexibility index (Phi) is 5.32. The lowest BCUT2D eigenvalue weighted by Gasteiger charge is -2.35. The number of phosphoric acid groups is 1. The number of nitrogens with one attached hydrogen (secondary N) is 1. The van der Waals surface area contributed by atoms with Crippen LogP contribution in [0.5, 0.6) is 0 Å². The molecular formula is C14H21N2O7PS. The van der Waals surface area contributed by atoms with Crippen molar-refractivity contribution in [2.24, 2.45) is 0 Å². The molecule has 0 aliphatic carbocycles. The van der Waals surface area contributed by atoms with Crippen LogP contribution < -0.4 is 5.56 Å². The Morgan fingerprint density at radius 2 is 2.36 bits per heavy atom. The summed E-state index contributed by atoms with van der Waals surface area (Å²) in [5.41, 5.74) is -1.92. The number of ether oxygens (including phenoxy) is 1. The van der Waals surface area contributed by atoms with Crippen LogP contribution in [0.4, 0.5) is 0 Å². The fraction of sp³-hybridized carbons (Fsp3) is 0.714. The minimum Gasteiger partial charge on any atom is -0.383 e. The molecule has 0 saturated carbocycles. The molecule has 2 saturated heterocycles. The number of fused-ring (bicyclic) bond motifs is 1. The Balaban J connectivity index is 1.83. The molecule has 2 aliphatic rings.